The molecule has 96 valence electrons. The van der Waals surface area contributed by atoms with E-state index in [2.05, 4.69) is 23.8 Å². The first-order chi connectivity index (χ1) is 8.50. The first kappa shape index (κ1) is 12.7. The lowest BCUT2D eigenvalue weighted by Crippen LogP contribution is -2.30. The number of aromatic nitrogens is 2. The SMILES string of the molecule is CSc1nc(Cl)c2c3c(sc2n1)COC(C)(C)C3. The molecule has 0 bridgehead atoms. The van der Waals surface area contributed by atoms with Gasteiger partial charge in [0, 0.05) is 11.3 Å². The summed E-state index contributed by atoms with van der Waals surface area (Å²) in [4.78, 5) is 11.1. The molecule has 3 heterocycles. The first-order valence-electron chi connectivity index (χ1n) is 5.66. The summed E-state index contributed by atoms with van der Waals surface area (Å²) in [7, 11) is 0. The molecule has 18 heavy (non-hydrogen) atoms. The molecule has 0 fully saturated rings. The number of nitrogens with zero attached hydrogens (tertiary/aromatic N) is 2. The van der Waals surface area contributed by atoms with E-state index in [-0.39, 0.29) is 5.60 Å². The third-order valence-electron chi connectivity index (χ3n) is 3.05. The van der Waals surface area contributed by atoms with Crippen LogP contribution in [0, 0.1) is 0 Å². The Morgan fingerprint density at radius 3 is 2.89 bits per heavy atom. The van der Waals surface area contributed by atoms with Gasteiger partial charge in [-0.15, -0.1) is 11.3 Å². The van der Waals surface area contributed by atoms with Crippen molar-refractivity contribution in [2.45, 2.75) is 37.6 Å². The molecule has 3 rings (SSSR count). The van der Waals surface area contributed by atoms with Crippen LogP contribution in [-0.2, 0) is 17.8 Å². The van der Waals surface area contributed by atoms with Gasteiger partial charge in [0.2, 0.25) is 0 Å². The average Bonchev–Trinajstić information content (AvgIpc) is 2.65. The molecule has 1 aliphatic rings. The minimum absolute atomic E-state index is 0.136. The molecular formula is C12H13ClN2OS2. The number of rotatable bonds is 1. The van der Waals surface area contributed by atoms with Crippen LogP contribution in [0.1, 0.15) is 24.3 Å². The van der Waals surface area contributed by atoms with E-state index in [4.69, 9.17) is 16.3 Å². The largest absolute Gasteiger partial charge is 0.370 e. The zero-order valence-corrected chi connectivity index (χ0v) is 12.8. The fraction of sp³-hybridized carbons (Fsp3) is 0.500. The van der Waals surface area contributed by atoms with Crippen molar-refractivity contribution in [3.05, 3.63) is 15.6 Å². The summed E-state index contributed by atoms with van der Waals surface area (Å²) in [6, 6.07) is 0. The lowest BCUT2D eigenvalue weighted by molar-refractivity contribution is -0.0379. The Labute approximate surface area is 119 Å². The van der Waals surface area contributed by atoms with Crippen LogP contribution in [0.4, 0.5) is 0 Å². The highest BCUT2D eigenvalue weighted by atomic mass is 35.5. The van der Waals surface area contributed by atoms with E-state index in [0.717, 1.165) is 21.8 Å². The van der Waals surface area contributed by atoms with E-state index in [9.17, 15) is 0 Å². The van der Waals surface area contributed by atoms with Crippen LogP contribution in [0.3, 0.4) is 0 Å². The van der Waals surface area contributed by atoms with Gasteiger partial charge in [-0.2, -0.15) is 0 Å². The summed E-state index contributed by atoms with van der Waals surface area (Å²) in [5, 5.41) is 2.32. The Morgan fingerprint density at radius 1 is 1.39 bits per heavy atom. The molecule has 0 aliphatic carbocycles. The van der Waals surface area contributed by atoms with Crippen LogP contribution in [-0.4, -0.2) is 21.8 Å². The van der Waals surface area contributed by atoms with E-state index in [1.54, 1.807) is 11.3 Å². The number of fused-ring (bicyclic) bond motifs is 3. The lowest BCUT2D eigenvalue weighted by atomic mass is 9.95. The topological polar surface area (TPSA) is 35.0 Å². The third-order valence-corrected chi connectivity index (χ3v) is 4.97. The van der Waals surface area contributed by atoms with Gasteiger partial charge in [0.05, 0.1) is 17.6 Å². The van der Waals surface area contributed by atoms with Gasteiger partial charge in [0.15, 0.2) is 5.16 Å². The Kier molecular flexibility index (Phi) is 3.05. The van der Waals surface area contributed by atoms with Gasteiger partial charge in [0.25, 0.3) is 0 Å². The normalized spacial score (nSPS) is 18.0. The number of ether oxygens (including phenoxy) is 1. The summed E-state index contributed by atoms with van der Waals surface area (Å²) in [6.45, 7) is 4.85. The molecule has 0 unspecified atom stereocenters. The molecule has 0 spiro atoms. The van der Waals surface area contributed by atoms with Crippen LogP contribution >= 0.6 is 34.7 Å². The number of hydrogen-bond donors (Lipinski definition) is 0. The Hall–Kier alpha value is -0.360. The van der Waals surface area contributed by atoms with Gasteiger partial charge in [-0.1, -0.05) is 23.4 Å². The summed E-state index contributed by atoms with van der Waals surface area (Å²) in [5.41, 5.74) is 1.13. The highest BCUT2D eigenvalue weighted by Crippen LogP contribution is 2.40. The molecule has 3 nitrogen and oxygen atoms in total. The van der Waals surface area contributed by atoms with E-state index < -0.39 is 0 Å². The molecule has 0 radical (unpaired) electrons. The van der Waals surface area contributed by atoms with E-state index in [1.807, 2.05) is 6.26 Å². The fourth-order valence-electron chi connectivity index (χ4n) is 2.17. The maximum absolute atomic E-state index is 6.31. The van der Waals surface area contributed by atoms with Gasteiger partial charge in [-0.3, -0.25) is 0 Å². The van der Waals surface area contributed by atoms with Crippen LogP contribution < -0.4 is 0 Å². The molecule has 6 heteroatoms. The molecule has 0 N–H and O–H groups in total. The number of halogens is 1. The van der Waals surface area contributed by atoms with E-state index in [0.29, 0.717) is 11.8 Å². The standard InChI is InChI=1S/C12H13ClN2OS2/c1-12(2)4-6-7(5-16-12)18-10-8(6)9(13)14-11(15-10)17-3/h4-5H2,1-3H3. The molecule has 0 amide bonds. The quantitative estimate of drug-likeness (QED) is 0.454. The summed E-state index contributed by atoms with van der Waals surface area (Å²) in [5.74, 6) is 0. The second-order valence-corrected chi connectivity index (χ2v) is 7.13. The number of thioether (sulfide) groups is 1. The highest BCUT2D eigenvalue weighted by molar-refractivity contribution is 7.98. The van der Waals surface area contributed by atoms with Gasteiger partial charge >= 0.3 is 0 Å². The van der Waals surface area contributed by atoms with Crippen molar-refractivity contribution < 1.29 is 4.74 Å². The summed E-state index contributed by atoms with van der Waals surface area (Å²) in [6.07, 6.45) is 2.82. The van der Waals surface area contributed by atoms with Crippen molar-refractivity contribution >= 4 is 44.9 Å². The van der Waals surface area contributed by atoms with Crippen LogP contribution in [0.2, 0.25) is 5.15 Å². The monoisotopic (exact) mass is 300 g/mol. The molecule has 2 aromatic heterocycles. The van der Waals surface area contributed by atoms with Gasteiger partial charge in [0.1, 0.15) is 9.98 Å². The molecule has 0 saturated carbocycles. The van der Waals surface area contributed by atoms with Gasteiger partial charge in [-0.25, -0.2) is 9.97 Å². The van der Waals surface area contributed by atoms with Crippen molar-refractivity contribution in [2.24, 2.45) is 0 Å². The van der Waals surface area contributed by atoms with Crippen molar-refractivity contribution in [3.63, 3.8) is 0 Å². The van der Waals surface area contributed by atoms with Crippen LogP contribution in [0.5, 0.6) is 0 Å². The minimum Gasteiger partial charge on any atom is -0.370 e. The molecular weight excluding hydrogens is 288 g/mol. The molecule has 2 aromatic rings. The Morgan fingerprint density at radius 2 is 2.17 bits per heavy atom. The van der Waals surface area contributed by atoms with Gasteiger partial charge < -0.3 is 4.74 Å². The van der Waals surface area contributed by atoms with E-state index >= 15 is 0 Å². The maximum Gasteiger partial charge on any atom is 0.190 e. The number of hydrogen-bond acceptors (Lipinski definition) is 5. The Balaban J connectivity index is 2.24. The predicted molar refractivity (Wildman–Crippen MR) is 76.8 cm³/mol. The fourth-order valence-corrected chi connectivity index (χ4v) is 4.09. The first-order valence-corrected chi connectivity index (χ1v) is 8.08. The van der Waals surface area contributed by atoms with Gasteiger partial charge in [-0.05, 0) is 25.7 Å². The third kappa shape index (κ3) is 2.03. The molecule has 0 aromatic carbocycles. The van der Waals surface area contributed by atoms with Crippen LogP contribution in [0.25, 0.3) is 10.2 Å². The lowest BCUT2D eigenvalue weighted by Gasteiger charge is -2.30. The second kappa shape index (κ2) is 4.34. The zero-order valence-electron chi connectivity index (χ0n) is 10.4. The maximum atomic E-state index is 6.31. The zero-order chi connectivity index (χ0) is 12.9. The molecule has 0 atom stereocenters. The Bertz CT molecular complexity index is 624. The predicted octanol–water partition coefficient (Wildman–Crippen LogP) is 3.92. The summed E-state index contributed by atoms with van der Waals surface area (Å²) < 4.78 is 5.83. The molecule has 0 saturated heterocycles. The van der Waals surface area contributed by atoms with Crippen molar-refractivity contribution in [3.8, 4) is 0 Å². The van der Waals surface area contributed by atoms with Crippen LogP contribution in [0.15, 0.2) is 5.16 Å². The number of thiophene rings is 1. The average molecular weight is 301 g/mol. The van der Waals surface area contributed by atoms with E-state index in [1.165, 1.54) is 22.2 Å². The highest BCUT2D eigenvalue weighted by Gasteiger charge is 2.30. The minimum atomic E-state index is -0.136. The van der Waals surface area contributed by atoms with Crippen molar-refractivity contribution in [1.82, 2.24) is 9.97 Å². The molecule has 1 aliphatic heterocycles. The van der Waals surface area contributed by atoms with Crippen molar-refractivity contribution in [2.75, 3.05) is 6.26 Å². The second-order valence-electron chi connectivity index (χ2n) is 4.91. The van der Waals surface area contributed by atoms with Crippen molar-refractivity contribution in [1.29, 1.82) is 0 Å². The smallest absolute Gasteiger partial charge is 0.190 e. The summed E-state index contributed by atoms with van der Waals surface area (Å²) >= 11 is 9.50.